The van der Waals surface area contributed by atoms with Crippen molar-refractivity contribution in [3.8, 4) is 16.3 Å². The lowest BCUT2D eigenvalue weighted by Crippen LogP contribution is -2.39. The molecule has 0 radical (unpaired) electrons. The minimum atomic E-state index is -0.154. The molecule has 3 aromatic rings. The first kappa shape index (κ1) is 21.1. The number of carbonyl (C=O) groups is 2. The van der Waals surface area contributed by atoms with E-state index < -0.39 is 0 Å². The third-order valence-corrected chi connectivity index (χ3v) is 6.23. The van der Waals surface area contributed by atoms with Gasteiger partial charge in [-0.3, -0.25) is 9.59 Å². The lowest BCUT2D eigenvalue weighted by Gasteiger charge is -2.30. The molecule has 2 aromatic heterocycles. The molecule has 7 heteroatoms. The molecule has 1 saturated heterocycles. The summed E-state index contributed by atoms with van der Waals surface area (Å²) in [5, 5.41) is 6.78. The van der Waals surface area contributed by atoms with Crippen molar-refractivity contribution in [1.82, 2.24) is 14.7 Å². The molecule has 1 amide bonds. The molecule has 1 aromatic carbocycles. The van der Waals surface area contributed by atoms with Crippen LogP contribution in [0.5, 0.6) is 0 Å². The average molecular weight is 436 g/mol. The lowest BCUT2D eigenvalue weighted by molar-refractivity contribution is -0.150. The van der Waals surface area contributed by atoms with Crippen LogP contribution in [-0.2, 0) is 14.3 Å². The number of ether oxygens (including phenoxy) is 1. The summed E-state index contributed by atoms with van der Waals surface area (Å²) in [6.07, 6.45) is 6.67. The van der Waals surface area contributed by atoms with Gasteiger partial charge in [-0.1, -0.05) is 24.3 Å². The second-order valence-electron chi connectivity index (χ2n) is 7.38. The van der Waals surface area contributed by atoms with Crippen LogP contribution in [0.15, 0.2) is 60.1 Å². The van der Waals surface area contributed by atoms with Crippen LogP contribution in [0.25, 0.3) is 22.3 Å². The number of aromatic nitrogens is 2. The maximum atomic E-state index is 12.7. The van der Waals surface area contributed by atoms with Crippen molar-refractivity contribution in [3.63, 3.8) is 0 Å². The van der Waals surface area contributed by atoms with Crippen LogP contribution in [0, 0.1) is 5.92 Å². The van der Waals surface area contributed by atoms with Crippen molar-refractivity contribution >= 4 is 29.3 Å². The molecular formula is C24H25N3O3S. The van der Waals surface area contributed by atoms with E-state index in [1.807, 2.05) is 71.7 Å². The molecule has 0 N–H and O–H groups in total. The largest absolute Gasteiger partial charge is 0.466 e. The summed E-state index contributed by atoms with van der Waals surface area (Å²) in [6, 6.07) is 13.9. The highest BCUT2D eigenvalue weighted by Gasteiger charge is 2.27. The van der Waals surface area contributed by atoms with Crippen LogP contribution in [0.3, 0.4) is 0 Å². The number of piperidine rings is 1. The second kappa shape index (κ2) is 9.75. The number of benzene rings is 1. The smallest absolute Gasteiger partial charge is 0.309 e. The summed E-state index contributed by atoms with van der Waals surface area (Å²) < 4.78 is 6.94. The van der Waals surface area contributed by atoms with Crippen molar-refractivity contribution in [2.75, 3.05) is 19.7 Å². The van der Waals surface area contributed by atoms with Gasteiger partial charge in [-0.05, 0) is 49.4 Å². The Morgan fingerprint density at radius 3 is 2.61 bits per heavy atom. The summed E-state index contributed by atoms with van der Waals surface area (Å²) in [5.74, 6) is -0.312. The van der Waals surface area contributed by atoms with E-state index in [4.69, 9.17) is 9.84 Å². The molecule has 31 heavy (non-hydrogen) atoms. The van der Waals surface area contributed by atoms with Crippen LogP contribution < -0.4 is 0 Å². The Morgan fingerprint density at radius 2 is 1.94 bits per heavy atom. The van der Waals surface area contributed by atoms with Crippen LogP contribution >= 0.6 is 11.3 Å². The molecule has 160 valence electrons. The molecule has 4 rings (SSSR count). The van der Waals surface area contributed by atoms with E-state index in [9.17, 15) is 9.59 Å². The second-order valence-corrected chi connectivity index (χ2v) is 8.32. The molecule has 1 fully saturated rings. The van der Waals surface area contributed by atoms with Crippen LogP contribution in [0.1, 0.15) is 25.3 Å². The average Bonchev–Trinajstić information content (AvgIpc) is 3.48. The summed E-state index contributed by atoms with van der Waals surface area (Å²) in [6.45, 7) is 3.33. The van der Waals surface area contributed by atoms with E-state index in [0.717, 1.165) is 21.8 Å². The Morgan fingerprint density at radius 1 is 1.16 bits per heavy atom. The molecule has 1 aliphatic rings. The van der Waals surface area contributed by atoms with Gasteiger partial charge in [0.05, 0.1) is 23.1 Å². The summed E-state index contributed by atoms with van der Waals surface area (Å²) >= 11 is 1.62. The highest BCUT2D eigenvalue weighted by atomic mass is 32.1. The number of likely N-dealkylation sites (tertiary alicyclic amines) is 1. The van der Waals surface area contributed by atoms with Crippen molar-refractivity contribution in [3.05, 3.63) is 65.7 Å². The maximum absolute atomic E-state index is 12.7. The van der Waals surface area contributed by atoms with E-state index in [-0.39, 0.29) is 17.8 Å². The summed E-state index contributed by atoms with van der Waals surface area (Å²) in [5.41, 5.74) is 2.71. The number of nitrogens with zero attached hydrogens (tertiary/aromatic N) is 3. The van der Waals surface area contributed by atoms with Crippen molar-refractivity contribution in [2.24, 2.45) is 5.92 Å². The van der Waals surface area contributed by atoms with Gasteiger partial charge in [0.2, 0.25) is 5.91 Å². The van der Waals surface area contributed by atoms with Gasteiger partial charge >= 0.3 is 5.97 Å². The fourth-order valence-corrected chi connectivity index (χ4v) is 4.42. The highest BCUT2D eigenvalue weighted by molar-refractivity contribution is 7.13. The first-order valence-electron chi connectivity index (χ1n) is 10.5. The van der Waals surface area contributed by atoms with Crippen molar-refractivity contribution < 1.29 is 14.3 Å². The zero-order valence-electron chi connectivity index (χ0n) is 17.4. The molecule has 0 bridgehead atoms. The van der Waals surface area contributed by atoms with Crippen LogP contribution in [0.4, 0.5) is 0 Å². The molecule has 0 atom stereocenters. The fourth-order valence-electron chi connectivity index (χ4n) is 3.69. The highest BCUT2D eigenvalue weighted by Crippen LogP contribution is 2.29. The first-order valence-corrected chi connectivity index (χ1v) is 11.4. The number of hydrogen-bond acceptors (Lipinski definition) is 5. The normalized spacial score (nSPS) is 14.8. The standard InChI is InChI=1S/C24H25N3O3S/c1-2-30-24(29)18-12-14-26(15-13-18)22(28)11-10-19-17-27(20-7-4-3-5-8-20)25-23(19)21-9-6-16-31-21/h3-11,16-18H,2,12-15H2,1H3/b11-10+. The molecule has 3 heterocycles. The SMILES string of the molecule is CCOC(=O)C1CCN(C(=O)/C=C/c2cn(-c3ccccc3)nc2-c2cccs2)CC1. The predicted octanol–water partition coefficient (Wildman–Crippen LogP) is 4.42. The number of carbonyl (C=O) groups excluding carboxylic acids is 2. The fraction of sp³-hybridized carbons (Fsp3) is 0.292. The minimum absolute atomic E-state index is 0.0492. The minimum Gasteiger partial charge on any atom is -0.466 e. The molecule has 1 aliphatic heterocycles. The molecule has 0 aliphatic carbocycles. The molecule has 0 spiro atoms. The number of thiophene rings is 1. The number of para-hydroxylation sites is 1. The van der Waals surface area contributed by atoms with Crippen molar-refractivity contribution in [1.29, 1.82) is 0 Å². The van der Waals surface area contributed by atoms with E-state index in [1.54, 1.807) is 22.3 Å². The molecule has 0 saturated carbocycles. The topological polar surface area (TPSA) is 64.4 Å². The Hall–Kier alpha value is -3.19. The van der Waals surface area contributed by atoms with Gasteiger partial charge in [0.25, 0.3) is 0 Å². The van der Waals surface area contributed by atoms with E-state index >= 15 is 0 Å². The van der Waals surface area contributed by atoms with E-state index in [0.29, 0.717) is 32.5 Å². The van der Waals surface area contributed by atoms with Crippen molar-refractivity contribution in [2.45, 2.75) is 19.8 Å². The van der Waals surface area contributed by atoms with Crippen LogP contribution in [-0.4, -0.2) is 46.3 Å². The quantitative estimate of drug-likeness (QED) is 0.425. The van der Waals surface area contributed by atoms with Gasteiger partial charge in [0.1, 0.15) is 5.69 Å². The summed E-state index contributed by atoms with van der Waals surface area (Å²) in [7, 11) is 0. The van der Waals surface area contributed by atoms with Gasteiger partial charge < -0.3 is 9.64 Å². The van der Waals surface area contributed by atoms with Gasteiger partial charge in [0, 0.05) is 30.9 Å². The van der Waals surface area contributed by atoms with Crippen LogP contribution in [0.2, 0.25) is 0 Å². The number of hydrogen-bond donors (Lipinski definition) is 0. The molecule has 0 unspecified atom stereocenters. The zero-order valence-corrected chi connectivity index (χ0v) is 18.3. The van der Waals surface area contributed by atoms with Gasteiger partial charge in [-0.15, -0.1) is 11.3 Å². The number of rotatable bonds is 6. The third-order valence-electron chi connectivity index (χ3n) is 5.35. The monoisotopic (exact) mass is 435 g/mol. The number of esters is 1. The summed E-state index contributed by atoms with van der Waals surface area (Å²) in [4.78, 5) is 27.5. The Bertz CT molecular complexity index is 1050. The lowest BCUT2D eigenvalue weighted by atomic mass is 9.97. The Balaban J connectivity index is 1.49. The third kappa shape index (κ3) is 4.94. The van der Waals surface area contributed by atoms with Gasteiger partial charge in [0.15, 0.2) is 0 Å². The number of amides is 1. The Kier molecular flexibility index (Phi) is 6.62. The maximum Gasteiger partial charge on any atom is 0.309 e. The molecular weight excluding hydrogens is 410 g/mol. The van der Waals surface area contributed by atoms with Gasteiger partial charge in [-0.2, -0.15) is 5.10 Å². The Labute approximate surface area is 185 Å². The zero-order chi connectivity index (χ0) is 21.6. The first-order chi connectivity index (χ1) is 15.2. The molecule has 6 nitrogen and oxygen atoms in total. The van der Waals surface area contributed by atoms with Gasteiger partial charge in [-0.25, -0.2) is 4.68 Å². The van der Waals surface area contributed by atoms with E-state index in [1.165, 1.54) is 0 Å². The van der Waals surface area contributed by atoms with E-state index in [2.05, 4.69) is 0 Å². The predicted molar refractivity (Wildman–Crippen MR) is 122 cm³/mol.